The Balaban J connectivity index is 1.56. The lowest BCUT2D eigenvalue weighted by molar-refractivity contribution is -0.650. The fourth-order valence-corrected chi connectivity index (χ4v) is 6.38. The summed E-state index contributed by atoms with van der Waals surface area (Å²) in [7, 11) is 0. The molecule has 5 fully saturated rings. The Labute approximate surface area is 166 Å². The molecule has 29 heavy (non-hydrogen) atoms. The molecule has 0 amide bonds. The van der Waals surface area contributed by atoms with Crippen molar-refractivity contribution in [3.05, 3.63) is 29.8 Å². The van der Waals surface area contributed by atoms with E-state index >= 15 is 0 Å². The minimum atomic E-state index is -4.51. The van der Waals surface area contributed by atoms with Gasteiger partial charge in [0.2, 0.25) is 0 Å². The summed E-state index contributed by atoms with van der Waals surface area (Å²) >= 11 is 0. The fourth-order valence-electron chi connectivity index (χ4n) is 6.38. The highest BCUT2D eigenvalue weighted by Crippen LogP contribution is 2.69. The number of rotatable bonds is 4. The molecule has 1 aliphatic heterocycles. The van der Waals surface area contributed by atoms with Crippen molar-refractivity contribution in [1.29, 1.82) is 0 Å². The van der Waals surface area contributed by atoms with E-state index in [0.29, 0.717) is 17.4 Å². The predicted molar refractivity (Wildman–Crippen MR) is 93.4 cm³/mol. The quantitative estimate of drug-likeness (QED) is 0.414. The van der Waals surface area contributed by atoms with Crippen LogP contribution in [0.15, 0.2) is 24.3 Å². The second kappa shape index (κ2) is 6.43. The highest BCUT2D eigenvalue weighted by Gasteiger charge is 2.77. The number of alkyl halides is 3. The molecule has 4 saturated carbocycles. The average Bonchev–Trinajstić information content (AvgIpc) is 2.59. The molecule has 1 heterocycles. The van der Waals surface area contributed by atoms with Gasteiger partial charge in [-0.05, 0) is 67.9 Å². The molecule has 1 saturated heterocycles. The average molecular weight is 412 g/mol. The molecule has 0 aromatic heterocycles. The molecular formula is C21H23F3O5. The number of esters is 1. The van der Waals surface area contributed by atoms with Crippen molar-refractivity contribution in [1.82, 2.24) is 0 Å². The zero-order valence-corrected chi connectivity index (χ0v) is 16.0. The summed E-state index contributed by atoms with van der Waals surface area (Å²) in [6.45, 7) is -0.174. The molecule has 0 N–H and O–H groups in total. The maximum Gasteiger partial charge on any atom is 0.411 e. The Morgan fingerprint density at radius 2 is 1.76 bits per heavy atom. The summed E-state index contributed by atoms with van der Waals surface area (Å²) in [5.74, 6) is -0.584. The van der Waals surface area contributed by atoms with Gasteiger partial charge in [0, 0.05) is 12.5 Å². The third-order valence-corrected chi connectivity index (χ3v) is 7.08. The summed E-state index contributed by atoms with van der Waals surface area (Å²) in [5.41, 5.74) is -0.556. The summed E-state index contributed by atoms with van der Waals surface area (Å²) in [6, 6.07) is 6.37. The lowest BCUT2D eigenvalue weighted by Gasteiger charge is -2.68. The van der Waals surface area contributed by atoms with Gasteiger partial charge in [0.25, 0.3) is 5.79 Å². The van der Waals surface area contributed by atoms with Gasteiger partial charge in [-0.25, -0.2) is 4.89 Å². The molecule has 1 aromatic carbocycles. The first-order valence-corrected chi connectivity index (χ1v) is 10.1. The topological polar surface area (TPSA) is 54.0 Å². The molecule has 4 aliphatic carbocycles. The first-order valence-electron chi connectivity index (χ1n) is 10.1. The summed E-state index contributed by atoms with van der Waals surface area (Å²) in [5, 5.41) is 0. The van der Waals surface area contributed by atoms with Crippen LogP contribution in [0.4, 0.5) is 13.2 Å². The number of carbonyl (C=O) groups excluding carboxylic acids is 1. The summed E-state index contributed by atoms with van der Waals surface area (Å²) in [4.78, 5) is 22.6. The number of halogens is 3. The van der Waals surface area contributed by atoms with Gasteiger partial charge in [0.1, 0.15) is 12.4 Å². The molecule has 5 nitrogen and oxygen atoms in total. The van der Waals surface area contributed by atoms with Crippen molar-refractivity contribution in [2.45, 2.75) is 56.6 Å². The number of hydrogen-bond acceptors (Lipinski definition) is 5. The zero-order valence-electron chi connectivity index (χ0n) is 16.0. The fraction of sp³-hybridized carbons (Fsp3) is 0.667. The Bertz CT molecular complexity index is 795. The van der Waals surface area contributed by atoms with Crippen molar-refractivity contribution in [3.8, 4) is 5.75 Å². The monoisotopic (exact) mass is 412 g/mol. The van der Waals surface area contributed by atoms with Gasteiger partial charge in [-0.15, -0.1) is 0 Å². The maximum absolute atomic E-state index is 13.1. The number of ether oxygens (including phenoxy) is 2. The highest BCUT2D eigenvalue weighted by atomic mass is 19.4. The van der Waals surface area contributed by atoms with E-state index in [1.54, 1.807) is 18.2 Å². The number of hydrogen-bond donors (Lipinski definition) is 0. The van der Waals surface area contributed by atoms with Crippen molar-refractivity contribution in [3.63, 3.8) is 0 Å². The van der Waals surface area contributed by atoms with E-state index in [4.69, 9.17) is 19.2 Å². The van der Waals surface area contributed by atoms with Crippen LogP contribution in [0.3, 0.4) is 0 Å². The third kappa shape index (κ3) is 2.91. The molecule has 5 aliphatic rings. The largest absolute Gasteiger partial charge is 0.427 e. The molecule has 158 valence electrons. The molecule has 6 rings (SSSR count). The molecule has 4 bridgehead atoms. The second-order valence-corrected chi connectivity index (χ2v) is 8.91. The van der Waals surface area contributed by atoms with Gasteiger partial charge in [-0.3, -0.25) is 4.79 Å². The molecule has 0 radical (unpaired) electrons. The van der Waals surface area contributed by atoms with Crippen LogP contribution >= 0.6 is 0 Å². The van der Waals surface area contributed by atoms with Crippen molar-refractivity contribution >= 4 is 5.97 Å². The molecule has 1 aromatic rings. The lowest BCUT2D eigenvalue weighted by atomic mass is 9.47. The van der Waals surface area contributed by atoms with Crippen LogP contribution in [-0.2, 0) is 25.1 Å². The zero-order chi connectivity index (χ0) is 20.4. The SMILES string of the molecule is CC(=O)Oc1cccc(C2(OCC(F)(F)F)OOC23C2CC4CC(C2)CC3C4)c1. The smallest absolute Gasteiger partial charge is 0.411 e. The predicted octanol–water partition coefficient (Wildman–Crippen LogP) is 4.50. The van der Waals surface area contributed by atoms with Crippen LogP contribution in [0.25, 0.3) is 0 Å². The summed E-state index contributed by atoms with van der Waals surface area (Å²) < 4.78 is 50.1. The van der Waals surface area contributed by atoms with E-state index in [1.807, 2.05) is 0 Å². The van der Waals surface area contributed by atoms with Gasteiger partial charge in [-0.1, -0.05) is 12.1 Å². The van der Waals surface area contributed by atoms with Gasteiger partial charge in [-0.2, -0.15) is 18.1 Å². The lowest BCUT2D eigenvalue weighted by Crippen LogP contribution is -2.77. The standard InChI is InChI=1S/C21H23F3O5/c1-12(25)27-18-4-2-3-15(10-18)21(26-11-19(22,23)24)20(28-29-21)16-6-13-5-14(8-16)9-17(20)7-13/h2-4,10,13-14,16-17H,5-9,11H2,1H3. The molecule has 1 spiro atoms. The van der Waals surface area contributed by atoms with Crippen LogP contribution in [0.2, 0.25) is 0 Å². The van der Waals surface area contributed by atoms with Crippen LogP contribution in [0.5, 0.6) is 5.75 Å². The minimum Gasteiger partial charge on any atom is -0.427 e. The van der Waals surface area contributed by atoms with E-state index in [1.165, 1.54) is 19.4 Å². The Morgan fingerprint density at radius 1 is 1.10 bits per heavy atom. The van der Waals surface area contributed by atoms with Crippen LogP contribution in [0.1, 0.15) is 44.6 Å². The Hall–Kier alpha value is -1.64. The van der Waals surface area contributed by atoms with Crippen molar-refractivity contribution in [2.24, 2.45) is 23.7 Å². The van der Waals surface area contributed by atoms with Crippen LogP contribution in [-0.4, -0.2) is 24.4 Å². The van der Waals surface area contributed by atoms with E-state index in [9.17, 15) is 18.0 Å². The van der Waals surface area contributed by atoms with Gasteiger partial charge in [0.05, 0.1) is 0 Å². The van der Waals surface area contributed by atoms with Gasteiger partial charge >= 0.3 is 12.1 Å². The Kier molecular flexibility index (Phi) is 4.28. The molecular weight excluding hydrogens is 389 g/mol. The number of benzene rings is 1. The van der Waals surface area contributed by atoms with Gasteiger partial charge < -0.3 is 9.47 Å². The normalized spacial score (nSPS) is 40.1. The Morgan fingerprint density at radius 3 is 2.28 bits per heavy atom. The van der Waals surface area contributed by atoms with Crippen LogP contribution in [0, 0.1) is 23.7 Å². The molecule has 1 atom stereocenters. The van der Waals surface area contributed by atoms with E-state index in [0.717, 1.165) is 25.7 Å². The molecule has 8 heteroatoms. The minimum absolute atomic E-state index is 0.0816. The van der Waals surface area contributed by atoms with Gasteiger partial charge in [0.15, 0.2) is 5.60 Å². The number of carbonyl (C=O) groups is 1. The molecule has 1 unspecified atom stereocenters. The van der Waals surface area contributed by atoms with E-state index in [2.05, 4.69) is 0 Å². The van der Waals surface area contributed by atoms with E-state index < -0.39 is 30.1 Å². The third-order valence-electron chi connectivity index (χ3n) is 7.08. The maximum atomic E-state index is 13.1. The second-order valence-electron chi connectivity index (χ2n) is 8.91. The first kappa shape index (κ1) is 19.3. The summed E-state index contributed by atoms with van der Waals surface area (Å²) in [6.07, 6.45) is 0.345. The first-order chi connectivity index (χ1) is 13.7. The van der Waals surface area contributed by atoms with Crippen molar-refractivity contribution < 1.29 is 37.2 Å². The highest BCUT2D eigenvalue weighted by molar-refractivity contribution is 5.69. The van der Waals surface area contributed by atoms with Crippen LogP contribution < -0.4 is 4.74 Å². The van der Waals surface area contributed by atoms with E-state index in [-0.39, 0.29) is 17.6 Å². The van der Waals surface area contributed by atoms with Crippen molar-refractivity contribution in [2.75, 3.05) is 6.61 Å².